The van der Waals surface area contributed by atoms with E-state index in [2.05, 4.69) is 4.98 Å². The van der Waals surface area contributed by atoms with E-state index in [1.54, 1.807) is 0 Å². The van der Waals surface area contributed by atoms with E-state index < -0.39 is 23.5 Å². The lowest BCUT2D eigenvalue weighted by Gasteiger charge is -2.30. The highest BCUT2D eigenvalue weighted by atomic mass is 19.4. The van der Waals surface area contributed by atoms with Crippen LogP contribution in [0.2, 0.25) is 0 Å². The fourth-order valence-corrected chi connectivity index (χ4v) is 3.50. The van der Waals surface area contributed by atoms with E-state index in [0.29, 0.717) is 17.7 Å². The topological polar surface area (TPSA) is 66.2 Å². The molecule has 0 unspecified atom stereocenters. The Balaban J connectivity index is 1.71. The van der Waals surface area contributed by atoms with Crippen LogP contribution in [-0.2, 0) is 4.79 Å². The van der Waals surface area contributed by atoms with Gasteiger partial charge in [-0.15, -0.1) is 0 Å². The number of nitrogens with zero attached hydrogens (tertiary/aromatic N) is 3. The van der Waals surface area contributed by atoms with Crippen molar-refractivity contribution in [1.29, 1.82) is 5.26 Å². The summed E-state index contributed by atoms with van der Waals surface area (Å²) in [4.78, 5) is 17.8. The number of hydrogen-bond acceptors (Lipinski definition) is 4. The van der Waals surface area contributed by atoms with Crippen molar-refractivity contribution in [3.05, 3.63) is 23.5 Å². The molecule has 5 nitrogen and oxygen atoms in total. The second-order valence-electron chi connectivity index (χ2n) is 6.25. The monoisotopic (exact) mass is 323 g/mol. The van der Waals surface area contributed by atoms with Gasteiger partial charge in [0, 0.05) is 24.4 Å². The number of likely N-dealkylation sites (tertiary alicyclic amines) is 1. The maximum Gasteiger partial charge on any atom is 0.403 e. The van der Waals surface area contributed by atoms with E-state index in [1.807, 2.05) is 6.07 Å². The van der Waals surface area contributed by atoms with Gasteiger partial charge in [-0.3, -0.25) is 9.78 Å². The number of aromatic nitrogens is 1. The zero-order valence-corrected chi connectivity index (χ0v) is 11.9. The molecule has 2 aliphatic heterocycles. The third-order valence-electron chi connectivity index (χ3n) is 4.91. The molecule has 1 aromatic heterocycles. The van der Waals surface area contributed by atoms with Gasteiger partial charge in [0.25, 0.3) is 0 Å². The number of fused-ring (bicyclic) bond motifs is 4. The van der Waals surface area contributed by atoms with Crippen LogP contribution in [0.15, 0.2) is 12.4 Å². The third kappa shape index (κ3) is 1.85. The zero-order valence-electron chi connectivity index (χ0n) is 11.9. The van der Waals surface area contributed by atoms with Crippen molar-refractivity contribution in [3.8, 4) is 11.8 Å². The summed E-state index contributed by atoms with van der Waals surface area (Å²) in [6, 6.07) is 1.46. The summed E-state index contributed by atoms with van der Waals surface area (Å²) in [7, 11) is 0. The fourth-order valence-electron chi connectivity index (χ4n) is 3.50. The Morgan fingerprint density at radius 1 is 1.43 bits per heavy atom. The molecule has 3 heterocycles. The van der Waals surface area contributed by atoms with Crippen molar-refractivity contribution in [2.75, 3.05) is 6.54 Å². The molecular weight excluding hydrogens is 311 g/mol. The van der Waals surface area contributed by atoms with Gasteiger partial charge in [-0.2, -0.15) is 18.4 Å². The summed E-state index contributed by atoms with van der Waals surface area (Å²) >= 11 is 0. The van der Waals surface area contributed by atoms with Gasteiger partial charge in [0.15, 0.2) is 0 Å². The summed E-state index contributed by atoms with van der Waals surface area (Å²) in [6.07, 6.45) is -1.97. The van der Waals surface area contributed by atoms with Gasteiger partial charge < -0.3 is 9.64 Å². The Hall–Kier alpha value is -2.30. The number of amides is 1. The number of halogens is 3. The number of rotatable bonds is 1. The molecule has 0 N–H and O–H groups in total. The number of nitriles is 1. The van der Waals surface area contributed by atoms with Crippen LogP contribution in [0.4, 0.5) is 13.2 Å². The second-order valence-corrected chi connectivity index (χ2v) is 6.25. The first kappa shape index (κ1) is 14.3. The predicted octanol–water partition coefficient (Wildman–Crippen LogP) is 2.33. The summed E-state index contributed by atoms with van der Waals surface area (Å²) in [6.45, 7) is 0.112. The largest absolute Gasteiger partial charge is 0.487 e. The van der Waals surface area contributed by atoms with Gasteiger partial charge in [-0.25, -0.2) is 0 Å². The molecule has 1 aliphatic carbocycles. The summed E-state index contributed by atoms with van der Waals surface area (Å²) in [5.74, 6) is -0.535. The minimum absolute atomic E-state index is 0.112. The molecule has 4 rings (SSSR count). The van der Waals surface area contributed by atoms with E-state index in [4.69, 9.17) is 10.00 Å². The van der Waals surface area contributed by atoms with Crippen LogP contribution in [0.3, 0.4) is 0 Å². The quantitative estimate of drug-likeness (QED) is 0.795. The van der Waals surface area contributed by atoms with Crippen molar-refractivity contribution in [2.45, 2.75) is 37.6 Å². The molecule has 0 spiro atoms. The molecule has 0 aromatic carbocycles. The van der Waals surface area contributed by atoms with Crippen LogP contribution < -0.4 is 4.74 Å². The Morgan fingerprint density at radius 3 is 2.78 bits per heavy atom. The average Bonchev–Trinajstić information content (AvgIpc) is 3.26. The Kier molecular flexibility index (Phi) is 2.72. The number of pyridine rings is 1. The summed E-state index contributed by atoms with van der Waals surface area (Å²) in [5, 5.41) is 9.11. The number of carbonyl (C=O) groups is 1. The van der Waals surface area contributed by atoms with Crippen LogP contribution in [-0.4, -0.2) is 34.6 Å². The smallest absolute Gasteiger partial charge is 0.403 e. The highest BCUT2D eigenvalue weighted by molar-refractivity contribution is 5.87. The maximum atomic E-state index is 13.2. The Bertz CT molecular complexity index is 736. The molecule has 23 heavy (non-hydrogen) atoms. The zero-order chi connectivity index (χ0) is 16.4. The van der Waals surface area contributed by atoms with Gasteiger partial charge in [0.05, 0.1) is 12.6 Å². The molecule has 8 heteroatoms. The van der Waals surface area contributed by atoms with E-state index in [9.17, 15) is 18.0 Å². The van der Waals surface area contributed by atoms with Crippen LogP contribution in [0.1, 0.15) is 36.4 Å². The van der Waals surface area contributed by atoms with Gasteiger partial charge in [0.2, 0.25) is 5.91 Å². The predicted molar refractivity (Wildman–Crippen MR) is 70.2 cm³/mol. The van der Waals surface area contributed by atoms with Gasteiger partial charge in [-0.1, -0.05) is 0 Å². The molecule has 2 bridgehead atoms. The minimum atomic E-state index is -4.53. The molecule has 0 radical (unpaired) electrons. The van der Waals surface area contributed by atoms with Gasteiger partial charge >= 0.3 is 6.18 Å². The van der Waals surface area contributed by atoms with Crippen LogP contribution >= 0.6 is 0 Å². The average molecular weight is 323 g/mol. The van der Waals surface area contributed by atoms with Crippen molar-refractivity contribution in [2.24, 2.45) is 5.41 Å². The van der Waals surface area contributed by atoms with E-state index in [0.717, 1.165) is 0 Å². The van der Waals surface area contributed by atoms with E-state index in [-0.39, 0.29) is 31.1 Å². The molecular formula is C15H12F3N3O2. The summed E-state index contributed by atoms with van der Waals surface area (Å²) < 4.78 is 45.4. The molecule has 2 atom stereocenters. The van der Waals surface area contributed by atoms with Crippen molar-refractivity contribution < 1.29 is 22.7 Å². The standard InChI is InChI=1S/C15H12F3N3O2/c16-15(17,18)14(1-2-14)13(22)21-7-9-3-11(21)10-6-20-5-8(4-19)12(10)23-9/h5-6,9,11H,1-3,7H2/t9-,11-/m0/s1. The summed E-state index contributed by atoms with van der Waals surface area (Å²) in [5.41, 5.74) is -1.47. The number of hydrogen-bond donors (Lipinski definition) is 0. The first-order chi connectivity index (χ1) is 10.9. The lowest BCUT2D eigenvalue weighted by molar-refractivity contribution is -0.199. The number of carbonyl (C=O) groups excluding carboxylic acids is 1. The molecule has 120 valence electrons. The normalized spacial score (nSPS) is 27.0. The molecule has 1 aromatic rings. The number of ether oxygens (including phenoxy) is 1. The highest BCUT2D eigenvalue weighted by Gasteiger charge is 2.70. The third-order valence-corrected chi connectivity index (χ3v) is 4.91. The molecule has 2 fully saturated rings. The molecule has 1 saturated heterocycles. The lowest BCUT2D eigenvalue weighted by Crippen LogP contribution is -2.44. The lowest BCUT2D eigenvalue weighted by atomic mass is 9.98. The first-order valence-electron chi connectivity index (χ1n) is 7.30. The molecule has 1 saturated carbocycles. The van der Waals surface area contributed by atoms with Crippen molar-refractivity contribution >= 4 is 5.91 Å². The van der Waals surface area contributed by atoms with Crippen LogP contribution in [0, 0.1) is 16.7 Å². The van der Waals surface area contributed by atoms with Gasteiger partial charge in [-0.05, 0) is 12.8 Å². The second kappa shape index (κ2) is 4.37. The Labute approximate surface area is 129 Å². The number of alkyl halides is 3. The van der Waals surface area contributed by atoms with E-state index >= 15 is 0 Å². The first-order valence-corrected chi connectivity index (χ1v) is 7.30. The van der Waals surface area contributed by atoms with Crippen LogP contribution in [0.25, 0.3) is 0 Å². The Morgan fingerprint density at radius 2 is 2.17 bits per heavy atom. The highest BCUT2D eigenvalue weighted by Crippen LogP contribution is 2.60. The fraction of sp³-hybridized carbons (Fsp3) is 0.533. The maximum absolute atomic E-state index is 13.2. The minimum Gasteiger partial charge on any atom is -0.487 e. The van der Waals surface area contributed by atoms with E-state index in [1.165, 1.54) is 17.3 Å². The van der Waals surface area contributed by atoms with Gasteiger partial charge in [0.1, 0.15) is 28.9 Å². The molecule has 3 aliphatic rings. The van der Waals surface area contributed by atoms with Crippen molar-refractivity contribution in [1.82, 2.24) is 9.88 Å². The van der Waals surface area contributed by atoms with Crippen molar-refractivity contribution in [3.63, 3.8) is 0 Å². The SMILES string of the molecule is N#Cc1cncc2c1O[C@H]1C[C@@H]2N(C(=O)C2(C(F)(F)F)CC2)C1. The molecule has 1 amide bonds. The van der Waals surface area contributed by atoms with Crippen LogP contribution in [0.5, 0.6) is 5.75 Å².